The maximum atomic E-state index is 5.99. The van der Waals surface area contributed by atoms with Crippen LogP contribution < -0.4 is 5.32 Å². The topological polar surface area (TPSA) is 34.1 Å². The van der Waals surface area contributed by atoms with Gasteiger partial charge in [-0.15, -0.1) is 11.6 Å². The third kappa shape index (κ3) is 5.72. The highest BCUT2D eigenvalue weighted by molar-refractivity contribution is 6.20. The lowest BCUT2D eigenvalue weighted by Crippen LogP contribution is -2.20. The molecule has 0 spiro atoms. The fourth-order valence-electron chi connectivity index (χ4n) is 1.26. The summed E-state index contributed by atoms with van der Waals surface area (Å²) >= 11 is 5.99. The van der Waals surface area contributed by atoms with Gasteiger partial charge in [-0.25, -0.2) is 0 Å². The zero-order valence-electron chi connectivity index (χ0n) is 8.95. The second kappa shape index (κ2) is 7.63. The molecule has 0 aliphatic rings. The fraction of sp³-hybridized carbons (Fsp3) is 0.545. The number of pyridine rings is 1. The molecule has 1 N–H and O–H groups in total. The van der Waals surface area contributed by atoms with Gasteiger partial charge in [0.2, 0.25) is 0 Å². The molecular formula is C11H17ClN2O. The van der Waals surface area contributed by atoms with E-state index in [-0.39, 0.29) is 5.38 Å². The molecule has 3 nitrogen and oxygen atoms in total. The normalized spacial score (nSPS) is 12.7. The first-order valence-electron chi connectivity index (χ1n) is 5.05. The van der Waals surface area contributed by atoms with Crippen LogP contribution >= 0.6 is 11.6 Å². The molecule has 0 saturated carbocycles. The van der Waals surface area contributed by atoms with E-state index in [1.807, 2.05) is 18.3 Å². The number of nitrogens with one attached hydrogen (secondary N) is 1. The molecule has 0 radical (unpaired) electrons. The van der Waals surface area contributed by atoms with Crippen molar-refractivity contribution < 1.29 is 4.74 Å². The molecule has 0 aromatic carbocycles. The van der Waals surface area contributed by atoms with E-state index in [0.29, 0.717) is 6.61 Å². The molecule has 1 aromatic heterocycles. The highest BCUT2D eigenvalue weighted by Crippen LogP contribution is 2.01. The van der Waals surface area contributed by atoms with Gasteiger partial charge in [0.05, 0.1) is 12.0 Å². The number of hydrogen-bond acceptors (Lipinski definition) is 3. The van der Waals surface area contributed by atoms with Crippen LogP contribution in [0.4, 0.5) is 0 Å². The summed E-state index contributed by atoms with van der Waals surface area (Å²) in [5, 5.41) is 3.40. The van der Waals surface area contributed by atoms with Crippen LogP contribution in [-0.4, -0.2) is 30.6 Å². The summed E-state index contributed by atoms with van der Waals surface area (Å²) < 4.78 is 4.95. The lowest BCUT2D eigenvalue weighted by molar-refractivity contribution is 0.195. The van der Waals surface area contributed by atoms with Gasteiger partial charge in [-0.1, -0.05) is 6.07 Å². The van der Waals surface area contributed by atoms with Crippen LogP contribution in [0.3, 0.4) is 0 Å². The predicted octanol–water partition coefficient (Wildman–Crippen LogP) is 1.82. The lowest BCUT2D eigenvalue weighted by Gasteiger charge is -2.08. The van der Waals surface area contributed by atoms with Crippen LogP contribution in [0.2, 0.25) is 0 Å². The van der Waals surface area contributed by atoms with Gasteiger partial charge in [-0.05, 0) is 24.6 Å². The second-order valence-electron chi connectivity index (χ2n) is 3.38. The second-order valence-corrected chi connectivity index (χ2v) is 4.00. The van der Waals surface area contributed by atoms with Crippen LogP contribution in [0.1, 0.15) is 12.0 Å². The van der Waals surface area contributed by atoms with Crippen molar-refractivity contribution in [3.05, 3.63) is 30.1 Å². The van der Waals surface area contributed by atoms with E-state index >= 15 is 0 Å². The minimum atomic E-state index is 0.0939. The van der Waals surface area contributed by atoms with Crippen molar-refractivity contribution >= 4 is 11.6 Å². The molecule has 1 heterocycles. The highest BCUT2D eigenvalue weighted by atomic mass is 35.5. The Kier molecular flexibility index (Phi) is 6.32. The number of hydrogen-bond donors (Lipinski definition) is 1. The van der Waals surface area contributed by atoms with Gasteiger partial charge in [-0.3, -0.25) is 4.98 Å². The summed E-state index contributed by atoms with van der Waals surface area (Å²) in [7, 11) is 1.67. The van der Waals surface area contributed by atoms with E-state index in [1.165, 1.54) is 5.56 Å². The van der Waals surface area contributed by atoms with E-state index in [2.05, 4.69) is 10.3 Å². The minimum Gasteiger partial charge on any atom is -0.383 e. The molecular weight excluding hydrogens is 212 g/mol. The Balaban J connectivity index is 2.07. The van der Waals surface area contributed by atoms with Crippen LogP contribution in [0.5, 0.6) is 0 Å². The van der Waals surface area contributed by atoms with Gasteiger partial charge in [0.1, 0.15) is 0 Å². The number of methoxy groups -OCH3 is 1. The van der Waals surface area contributed by atoms with Crippen molar-refractivity contribution in [3.8, 4) is 0 Å². The zero-order valence-corrected chi connectivity index (χ0v) is 9.70. The Morgan fingerprint density at radius 1 is 1.60 bits per heavy atom. The predicted molar refractivity (Wildman–Crippen MR) is 62.1 cm³/mol. The standard InChI is InChI=1S/C11H17ClN2O/c1-15-9-11(12)4-6-14-8-10-3-2-5-13-7-10/h2-3,5,7,11,14H,4,6,8-9H2,1H3. The van der Waals surface area contributed by atoms with Crippen LogP contribution in [0.25, 0.3) is 0 Å². The quantitative estimate of drug-likeness (QED) is 0.571. The zero-order chi connectivity index (χ0) is 10.9. The van der Waals surface area contributed by atoms with E-state index in [0.717, 1.165) is 19.5 Å². The summed E-state index contributed by atoms with van der Waals surface area (Å²) in [4.78, 5) is 4.04. The Morgan fingerprint density at radius 3 is 3.13 bits per heavy atom. The highest BCUT2D eigenvalue weighted by Gasteiger charge is 2.02. The summed E-state index contributed by atoms with van der Waals surface area (Å²) in [6, 6.07) is 3.99. The molecule has 1 unspecified atom stereocenters. The molecule has 0 aliphatic carbocycles. The van der Waals surface area contributed by atoms with Crippen LogP contribution in [-0.2, 0) is 11.3 Å². The molecule has 84 valence electrons. The number of aromatic nitrogens is 1. The fourth-order valence-corrected chi connectivity index (χ4v) is 1.49. The van der Waals surface area contributed by atoms with Gasteiger partial charge in [0.15, 0.2) is 0 Å². The summed E-state index contributed by atoms with van der Waals surface area (Å²) in [6.45, 7) is 2.34. The van der Waals surface area contributed by atoms with Crippen molar-refractivity contribution in [2.75, 3.05) is 20.3 Å². The Labute approximate surface area is 95.8 Å². The van der Waals surface area contributed by atoms with Gasteiger partial charge in [0, 0.05) is 26.0 Å². The molecule has 0 bridgehead atoms. The first-order valence-corrected chi connectivity index (χ1v) is 5.49. The summed E-state index contributed by atoms with van der Waals surface area (Å²) in [6.07, 6.45) is 4.55. The van der Waals surface area contributed by atoms with Crippen molar-refractivity contribution in [1.29, 1.82) is 0 Å². The molecule has 0 aliphatic heterocycles. The molecule has 0 amide bonds. The van der Waals surface area contributed by atoms with E-state index < -0.39 is 0 Å². The first-order chi connectivity index (χ1) is 7.33. The summed E-state index contributed by atoms with van der Waals surface area (Å²) in [5.41, 5.74) is 1.19. The van der Waals surface area contributed by atoms with Gasteiger partial charge in [0.25, 0.3) is 0 Å². The number of nitrogens with zero attached hydrogens (tertiary/aromatic N) is 1. The Morgan fingerprint density at radius 2 is 2.47 bits per heavy atom. The molecule has 0 saturated heterocycles. The van der Waals surface area contributed by atoms with Crippen molar-refractivity contribution in [1.82, 2.24) is 10.3 Å². The van der Waals surface area contributed by atoms with Crippen LogP contribution in [0.15, 0.2) is 24.5 Å². The van der Waals surface area contributed by atoms with Gasteiger partial charge >= 0.3 is 0 Å². The molecule has 4 heteroatoms. The van der Waals surface area contributed by atoms with Gasteiger partial charge < -0.3 is 10.1 Å². The molecule has 0 fully saturated rings. The molecule has 1 rings (SSSR count). The lowest BCUT2D eigenvalue weighted by atomic mass is 10.2. The van der Waals surface area contributed by atoms with E-state index in [1.54, 1.807) is 13.3 Å². The van der Waals surface area contributed by atoms with Crippen molar-refractivity contribution in [3.63, 3.8) is 0 Å². The Bertz CT molecular complexity index is 256. The minimum absolute atomic E-state index is 0.0939. The Hall–Kier alpha value is -0.640. The summed E-state index contributed by atoms with van der Waals surface area (Å²) in [5.74, 6) is 0. The molecule has 1 aromatic rings. The van der Waals surface area contributed by atoms with Gasteiger partial charge in [-0.2, -0.15) is 0 Å². The number of ether oxygens (including phenoxy) is 1. The monoisotopic (exact) mass is 228 g/mol. The van der Waals surface area contributed by atoms with E-state index in [9.17, 15) is 0 Å². The number of rotatable bonds is 7. The number of halogens is 1. The maximum Gasteiger partial charge on any atom is 0.0626 e. The third-order valence-electron chi connectivity index (χ3n) is 2.03. The largest absolute Gasteiger partial charge is 0.383 e. The number of alkyl halides is 1. The maximum absolute atomic E-state index is 5.99. The third-order valence-corrected chi connectivity index (χ3v) is 2.38. The van der Waals surface area contributed by atoms with Crippen molar-refractivity contribution in [2.24, 2.45) is 0 Å². The average Bonchev–Trinajstić information content (AvgIpc) is 2.26. The molecule has 15 heavy (non-hydrogen) atoms. The van der Waals surface area contributed by atoms with E-state index in [4.69, 9.17) is 16.3 Å². The molecule has 1 atom stereocenters. The first kappa shape index (κ1) is 12.4. The van der Waals surface area contributed by atoms with Crippen LogP contribution in [0, 0.1) is 0 Å². The van der Waals surface area contributed by atoms with Crippen molar-refractivity contribution in [2.45, 2.75) is 18.3 Å². The smallest absolute Gasteiger partial charge is 0.0626 e. The SMILES string of the molecule is COCC(Cl)CCNCc1cccnc1. The average molecular weight is 229 g/mol.